The fourth-order valence-corrected chi connectivity index (χ4v) is 2.96. The lowest BCUT2D eigenvalue weighted by atomic mass is 10.1. The lowest BCUT2D eigenvalue weighted by molar-refractivity contribution is 0.139. The predicted octanol–water partition coefficient (Wildman–Crippen LogP) is 3.69. The molecule has 0 spiro atoms. The van der Waals surface area contributed by atoms with E-state index in [-0.39, 0.29) is 6.09 Å². The van der Waals surface area contributed by atoms with Gasteiger partial charge in [0.2, 0.25) is 0 Å². The highest BCUT2D eigenvalue weighted by atomic mass is 16.6. The molecular weight excluding hydrogens is 314 g/mol. The van der Waals surface area contributed by atoms with Crippen molar-refractivity contribution in [2.24, 2.45) is 11.8 Å². The van der Waals surface area contributed by atoms with Gasteiger partial charge in [-0.05, 0) is 31.0 Å². The smallest absolute Gasteiger partial charge is 0.414 e. The molecule has 0 aromatic heterocycles. The number of para-hydroxylation sites is 2. The molecule has 0 unspecified atom stereocenters. The molecule has 1 aromatic carbocycles. The normalized spacial score (nSPS) is 15.7. The van der Waals surface area contributed by atoms with Gasteiger partial charge < -0.3 is 14.5 Å². The van der Waals surface area contributed by atoms with Crippen LogP contribution >= 0.6 is 0 Å². The first-order valence-corrected chi connectivity index (χ1v) is 9.35. The van der Waals surface area contributed by atoms with Crippen molar-refractivity contribution in [3.8, 4) is 0 Å². The maximum Gasteiger partial charge on any atom is 0.414 e. The summed E-state index contributed by atoms with van der Waals surface area (Å²) >= 11 is 0. The van der Waals surface area contributed by atoms with E-state index >= 15 is 0 Å². The molecule has 0 saturated carbocycles. The first-order valence-electron chi connectivity index (χ1n) is 9.35. The van der Waals surface area contributed by atoms with Gasteiger partial charge in [-0.15, -0.1) is 0 Å². The number of hydrogen-bond donors (Lipinski definition) is 0. The fraction of sp³-hybridized carbons (Fsp3) is 0.650. The second-order valence-electron chi connectivity index (χ2n) is 7.75. The van der Waals surface area contributed by atoms with Gasteiger partial charge in [0.25, 0.3) is 0 Å². The maximum absolute atomic E-state index is 12.7. The summed E-state index contributed by atoms with van der Waals surface area (Å²) in [5, 5.41) is 0. The molecule has 1 saturated heterocycles. The van der Waals surface area contributed by atoms with Crippen molar-refractivity contribution in [3.63, 3.8) is 0 Å². The molecule has 1 aromatic rings. The summed E-state index contributed by atoms with van der Waals surface area (Å²) in [4.78, 5) is 19.3. The van der Waals surface area contributed by atoms with Crippen molar-refractivity contribution in [3.05, 3.63) is 24.3 Å². The number of carbonyl (C=O) groups excluding carboxylic acids is 1. The lowest BCUT2D eigenvalue weighted by Crippen LogP contribution is -2.45. The van der Waals surface area contributed by atoms with Crippen molar-refractivity contribution in [1.29, 1.82) is 0 Å². The zero-order chi connectivity index (χ0) is 18.4. The zero-order valence-corrected chi connectivity index (χ0v) is 16.4. The average molecular weight is 348 g/mol. The molecule has 0 N–H and O–H groups in total. The van der Waals surface area contributed by atoms with Crippen molar-refractivity contribution in [1.82, 2.24) is 4.90 Å². The highest BCUT2D eigenvalue weighted by molar-refractivity contribution is 5.92. The van der Waals surface area contributed by atoms with Gasteiger partial charge in [-0.25, -0.2) is 4.79 Å². The van der Waals surface area contributed by atoms with E-state index in [9.17, 15) is 4.79 Å². The molecule has 0 bridgehead atoms. The van der Waals surface area contributed by atoms with Gasteiger partial charge in [-0.3, -0.25) is 4.90 Å². The third-order valence-corrected chi connectivity index (χ3v) is 4.32. The first-order chi connectivity index (χ1) is 11.9. The van der Waals surface area contributed by atoms with Crippen molar-refractivity contribution in [2.45, 2.75) is 27.7 Å². The van der Waals surface area contributed by atoms with Crippen molar-refractivity contribution >= 4 is 17.5 Å². The summed E-state index contributed by atoms with van der Waals surface area (Å²) in [5.74, 6) is 0.699. The van der Waals surface area contributed by atoms with E-state index in [1.165, 1.54) is 0 Å². The van der Waals surface area contributed by atoms with Crippen LogP contribution in [-0.4, -0.2) is 57.4 Å². The highest BCUT2D eigenvalue weighted by Crippen LogP contribution is 2.31. The molecule has 1 aliphatic heterocycles. The minimum atomic E-state index is -0.246. The van der Waals surface area contributed by atoms with Crippen LogP contribution in [0.25, 0.3) is 0 Å². The number of carbonyl (C=O) groups is 1. The molecule has 1 amide bonds. The standard InChI is InChI=1S/C20H33N3O2/c1-16(2)14-23(20(24)25-15-17(3)4)19-9-7-6-8-18(19)22-12-10-21(5)11-13-22/h6-9,16-17H,10-15H2,1-5H3. The lowest BCUT2D eigenvalue weighted by Gasteiger charge is -2.37. The number of hydrogen-bond acceptors (Lipinski definition) is 4. The number of likely N-dealkylation sites (N-methyl/N-ethyl adjacent to an activating group) is 1. The fourth-order valence-electron chi connectivity index (χ4n) is 2.96. The predicted molar refractivity (Wildman–Crippen MR) is 105 cm³/mol. The monoisotopic (exact) mass is 347 g/mol. The molecule has 2 rings (SSSR count). The summed E-state index contributed by atoms with van der Waals surface area (Å²) in [5.41, 5.74) is 2.08. The summed E-state index contributed by atoms with van der Waals surface area (Å²) < 4.78 is 5.54. The van der Waals surface area contributed by atoms with E-state index in [2.05, 4.69) is 50.6 Å². The molecule has 0 atom stereocenters. The number of benzene rings is 1. The Kier molecular flexibility index (Phi) is 7.12. The maximum atomic E-state index is 12.7. The summed E-state index contributed by atoms with van der Waals surface area (Å²) in [6.07, 6.45) is -0.246. The van der Waals surface area contributed by atoms with E-state index in [0.29, 0.717) is 25.0 Å². The topological polar surface area (TPSA) is 36.0 Å². The molecule has 1 aliphatic rings. The van der Waals surface area contributed by atoms with E-state index < -0.39 is 0 Å². The minimum Gasteiger partial charge on any atom is -0.449 e. The van der Waals surface area contributed by atoms with Gasteiger partial charge in [-0.2, -0.15) is 0 Å². The molecule has 140 valence electrons. The zero-order valence-electron chi connectivity index (χ0n) is 16.4. The Morgan fingerprint density at radius 1 is 1.08 bits per heavy atom. The Bertz CT molecular complexity index is 552. The quantitative estimate of drug-likeness (QED) is 0.786. The van der Waals surface area contributed by atoms with Crippen LogP contribution in [0.15, 0.2) is 24.3 Å². The van der Waals surface area contributed by atoms with Crippen molar-refractivity contribution in [2.75, 3.05) is 56.2 Å². The molecule has 5 heteroatoms. The average Bonchev–Trinajstić information content (AvgIpc) is 2.58. The molecule has 25 heavy (non-hydrogen) atoms. The SMILES string of the molecule is CC(C)COC(=O)N(CC(C)C)c1ccccc1N1CCN(C)CC1. The highest BCUT2D eigenvalue weighted by Gasteiger charge is 2.24. The second kappa shape index (κ2) is 9.09. The Morgan fingerprint density at radius 2 is 1.72 bits per heavy atom. The van der Waals surface area contributed by atoms with Crippen LogP contribution in [0.4, 0.5) is 16.2 Å². The number of amides is 1. The molecule has 0 radical (unpaired) electrons. The summed E-state index contributed by atoms with van der Waals surface area (Å²) in [6.45, 7) is 13.5. The number of anilines is 2. The number of piperazine rings is 1. The third kappa shape index (κ3) is 5.63. The van der Waals surface area contributed by atoms with Crippen LogP contribution in [-0.2, 0) is 4.74 Å². The Morgan fingerprint density at radius 3 is 2.32 bits per heavy atom. The van der Waals surface area contributed by atoms with Gasteiger partial charge in [-0.1, -0.05) is 39.8 Å². The van der Waals surface area contributed by atoms with E-state index in [1.807, 2.05) is 18.2 Å². The van der Waals surface area contributed by atoms with Gasteiger partial charge >= 0.3 is 6.09 Å². The molecule has 1 heterocycles. The van der Waals surface area contributed by atoms with Crippen LogP contribution in [0.1, 0.15) is 27.7 Å². The van der Waals surface area contributed by atoms with Crippen LogP contribution in [0.5, 0.6) is 0 Å². The molecular formula is C20H33N3O2. The Labute approximate surface area is 152 Å². The van der Waals surface area contributed by atoms with Gasteiger partial charge in [0.1, 0.15) is 0 Å². The second-order valence-corrected chi connectivity index (χ2v) is 7.75. The van der Waals surface area contributed by atoms with Crippen LogP contribution < -0.4 is 9.80 Å². The minimum absolute atomic E-state index is 0.246. The van der Waals surface area contributed by atoms with E-state index in [4.69, 9.17) is 4.74 Å². The Hall–Kier alpha value is -1.75. The summed E-state index contributed by atoms with van der Waals surface area (Å²) in [6, 6.07) is 8.19. The molecule has 5 nitrogen and oxygen atoms in total. The third-order valence-electron chi connectivity index (χ3n) is 4.32. The molecule has 1 fully saturated rings. The van der Waals surface area contributed by atoms with Crippen LogP contribution in [0.3, 0.4) is 0 Å². The van der Waals surface area contributed by atoms with Gasteiger partial charge in [0, 0.05) is 32.7 Å². The number of nitrogens with zero attached hydrogens (tertiary/aromatic N) is 3. The number of ether oxygens (including phenoxy) is 1. The summed E-state index contributed by atoms with van der Waals surface area (Å²) in [7, 11) is 2.15. The van der Waals surface area contributed by atoms with Gasteiger partial charge in [0.15, 0.2) is 0 Å². The van der Waals surface area contributed by atoms with E-state index in [0.717, 1.165) is 37.6 Å². The van der Waals surface area contributed by atoms with Crippen LogP contribution in [0.2, 0.25) is 0 Å². The molecule has 0 aliphatic carbocycles. The first kappa shape index (κ1) is 19.6. The van der Waals surface area contributed by atoms with Crippen molar-refractivity contribution < 1.29 is 9.53 Å². The largest absolute Gasteiger partial charge is 0.449 e. The van der Waals surface area contributed by atoms with Gasteiger partial charge in [0.05, 0.1) is 18.0 Å². The van der Waals surface area contributed by atoms with Crippen LogP contribution in [0, 0.1) is 11.8 Å². The van der Waals surface area contributed by atoms with E-state index in [1.54, 1.807) is 4.90 Å². The number of rotatable bonds is 6. The Balaban J connectivity index is 2.25.